The van der Waals surface area contributed by atoms with Gasteiger partial charge in [-0.25, -0.2) is 4.99 Å². The average molecular weight is 356 g/mol. The van der Waals surface area contributed by atoms with Crippen molar-refractivity contribution in [2.75, 3.05) is 5.88 Å². The van der Waals surface area contributed by atoms with Crippen molar-refractivity contribution in [3.05, 3.63) is 57.6 Å². The summed E-state index contributed by atoms with van der Waals surface area (Å²) >= 11 is 12.8. The first-order valence-electron chi connectivity index (χ1n) is 6.10. The largest absolute Gasteiger partial charge is 0.386 e. The van der Waals surface area contributed by atoms with E-state index in [4.69, 9.17) is 28.9 Å². The van der Waals surface area contributed by atoms with Gasteiger partial charge in [0, 0.05) is 26.9 Å². The van der Waals surface area contributed by atoms with Crippen LogP contribution in [0, 0.1) is 10.1 Å². The third-order valence-corrected chi connectivity index (χ3v) is 4.05. The molecular weight excluding hydrogens is 345 g/mol. The number of rotatable bonds is 5. The van der Waals surface area contributed by atoms with Crippen molar-refractivity contribution in [3.8, 4) is 0 Å². The summed E-state index contributed by atoms with van der Waals surface area (Å²) in [6.07, 6.45) is 0. The van der Waals surface area contributed by atoms with Crippen molar-refractivity contribution >= 4 is 52.2 Å². The quantitative estimate of drug-likeness (QED) is 0.278. The Morgan fingerprint density at radius 1 is 1.23 bits per heavy atom. The fourth-order valence-corrected chi connectivity index (χ4v) is 2.72. The molecule has 114 valence electrons. The molecule has 2 aromatic carbocycles. The molecule has 2 rings (SSSR count). The number of nitrogens with two attached hydrogens (primary N) is 1. The van der Waals surface area contributed by atoms with E-state index in [1.54, 1.807) is 18.2 Å². The highest BCUT2D eigenvalue weighted by atomic mass is 35.5. The molecule has 2 aromatic rings. The summed E-state index contributed by atoms with van der Waals surface area (Å²) in [7, 11) is 0. The first-order chi connectivity index (χ1) is 10.5. The van der Waals surface area contributed by atoms with Crippen molar-refractivity contribution in [2.24, 2.45) is 10.7 Å². The maximum atomic E-state index is 11.0. The number of halogens is 2. The fourth-order valence-electron chi connectivity index (χ4n) is 1.63. The molecule has 0 saturated carbocycles. The van der Waals surface area contributed by atoms with E-state index in [1.165, 1.54) is 23.9 Å². The molecule has 2 N–H and O–H groups in total. The zero-order chi connectivity index (χ0) is 16.1. The van der Waals surface area contributed by atoms with E-state index < -0.39 is 4.92 Å². The van der Waals surface area contributed by atoms with Crippen molar-refractivity contribution in [3.63, 3.8) is 0 Å². The smallest absolute Gasteiger partial charge is 0.272 e. The van der Waals surface area contributed by atoms with Gasteiger partial charge in [-0.3, -0.25) is 10.1 Å². The first kappa shape index (κ1) is 16.6. The second-order valence-corrected chi connectivity index (χ2v) is 6.09. The Morgan fingerprint density at radius 2 is 1.91 bits per heavy atom. The van der Waals surface area contributed by atoms with E-state index in [2.05, 4.69) is 4.99 Å². The number of alkyl halides is 1. The molecule has 0 unspecified atom stereocenters. The number of hydrogen-bond donors (Lipinski definition) is 1. The monoisotopic (exact) mass is 355 g/mol. The lowest BCUT2D eigenvalue weighted by molar-refractivity contribution is -0.385. The van der Waals surface area contributed by atoms with Gasteiger partial charge in [-0.15, -0.1) is 11.6 Å². The molecule has 0 heterocycles. The first-order valence-corrected chi connectivity index (χ1v) is 7.83. The molecule has 0 aliphatic heterocycles. The van der Waals surface area contributed by atoms with E-state index in [-0.39, 0.29) is 17.4 Å². The number of hydrogen-bond acceptors (Lipinski definition) is 4. The minimum Gasteiger partial charge on any atom is -0.386 e. The lowest BCUT2D eigenvalue weighted by atomic mass is 10.3. The summed E-state index contributed by atoms with van der Waals surface area (Å²) in [6.45, 7) is 0. The highest BCUT2D eigenvalue weighted by Gasteiger charge is 2.11. The summed E-state index contributed by atoms with van der Waals surface area (Å²) in [6, 6.07) is 11.7. The number of nitro groups is 1. The van der Waals surface area contributed by atoms with Crippen LogP contribution in [0.15, 0.2) is 57.2 Å². The summed E-state index contributed by atoms with van der Waals surface area (Å²) in [5.41, 5.74) is 5.91. The molecule has 0 saturated heterocycles. The van der Waals surface area contributed by atoms with Gasteiger partial charge < -0.3 is 5.73 Å². The zero-order valence-electron chi connectivity index (χ0n) is 11.2. The number of nitro benzene ring substituents is 1. The highest BCUT2D eigenvalue weighted by Crippen LogP contribution is 2.34. The molecule has 22 heavy (non-hydrogen) atoms. The molecule has 0 amide bonds. The van der Waals surface area contributed by atoms with Gasteiger partial charge in [-0.2, -0.15) is 0 Å². The van der Waals surface area contributed by atoms with E-state index in [1.807, 2.05) is 12.1 Å². The van der Waals surface area contributed by atoms with Crippen LogP contribution in [-0.4, -0.2) is 16.6 Å². The van der Waals surface area contributed by atoms with Crippen molar-refractivity contribution in [1.82, 2.24) is 0 Å². The summed E-state index contributed by atoms with van der Waals surface area (Å²) in [5, 5.41) is 11.7. The topological polar surface area (TPSA) is 81.5 Å². The van der Waals surface area contributed by atoms with Crippen LogP contribution in [0.25, 0.3) is 0 Å². The molecule has 0 atom stereocenters. The van der Waals surface area contributed by atoms with E-state index in [0.29, 0.717) is 15.6 Å². The van der Waals surface area contributed by atoms with Crippen LogP contribution in [0.4, 0.5) is 11.4 Å². The summed E-state index contributed by atoms with van der Waals surface area (Å²) in [5.74, 6) is 0.257. The predicted molar refractivity (Wildman–Crippen MR) is 90.7 cm³/mol. The number of nitrogens with zero attached hydrogens (tertiary/aromatic N) is 2. The van der Waals surface area contributed by atoms with Gasteiger partial charge in [0.25, 0.3) is 5.69 Å². The standard InChI is InChI=1S/C14H11Cl2N3O2S/c15-8-14(17)18-10-5-11(19(20)21)7-13(6-10)22-12-3-1-9(16)2-4-12/h1-7H,8H2,(H2,17,18). The predicted octanol–water partition coefficient (Wildman–Crippen LogP) is 4.63. The molecule has 5 nitrogen and oxygen atoms in total. The Labute approximate surface area is 141 Å². The Hall–Kier alpha value is -1.76. The third-order valence-electron chi connectivity index (χ3n) is 2.55. The molecule has 0 spiro atoms. The molecule has 0 fully saturated rings. The van der Waals surface area contributed by atoms with Crippen LogP contribution in [0.3, 0.4) is 0 Å². The van der Waals surface area contributed by atoms with Crippen LogP contribution in [0.1, 0.15) is 0 Å². The van der Waals surface area contributed by atoms with Crippen molar-refractivity contribution < 1.29 is 4.92 Å². The maximum absolute atomic E-state index is 11.0. The average Bonchev–Trinajstić information content (AvgIpc) is 2.49. The molecular formula is C14H11Cl2N3O2S. The van der Waals surface area contributed by atoms with Crippen LogP contribution >= 0.6 is 35.0 Å². The van der Waals surface area contributed by atoms with Crippen molar-refractivity contribution in [1.29, 1.82) is 0 Å². The Bertz CT molecular complexity index is 721. The minimum atomic E-state index is -0.470. The zero-order valence-corrected chi connectivity index (χ0v) is 13.5. The summed E-state index contributed by atoms with van der Waals surface area (Å²) in [4.78, 5) is 16.2. The number of benzene rings is 2. The molecule has 0 aromatic heterocycles. The Morgan fingerprint density at radius 3 is 2.50 bits per heavy atom. The highest BCUT2D eigenvalue weighted by molar-refractivity contribution is 7.99. The van der Waals surface area contributed by atoms with Crippen LogP contribution in [0.2, 0.25) is 5.02 Å². The van der Waals surface area contributed by atoms with Crippen LogP contribution < -0.4 is 5.73 Å². The second kappa shape index (κ2) is 7.49. The van der Waals surface area contributed by atoms with Gasteiger partial charge in [0.15, 0.2) is 0 Å². The molecule has 8 heteroatoms. The third kappa shape index (κ3) is 4.62. The van der Waals surface area contributed by atoms with Gasteiger partial charge in [-0.1, -0.05) is 23.4 Å². The second-order valence-electron chi connectivity index (χ2n) is 4.23. The number of amidine groups is 1. The van der Waals surface area contributed by atoms with Crippen LogP contribution in [-0.2, 0) is 0 Å². The van der Waals surface area contributed by atoms with Gasteiger partial charge in [0.05, 0.1) is 16.5 Å². The van der Waals surface area contributed by atoms with E-state index in [0.717, 1.165) is 4.90 Å². The lowest BCUT2D eigenvalue weighted by Gasteiger charge is -2.04. The molecule has 0 aliphatic rings. The Balaban J connectivity index is 2.37. The fraction of sp³-hybridized carbons (Fsp3) is 0.0714. The van der Waals surface area contributed by atoms with Gasteiger partial charge in [0.1, 0.15) is 5.84 Å². The number of non-ortho nitro benzene ring substituents is 1. The van der Waals surface area contributed by atoms with Crippen LogP contribution in [0.5, 0.6) is 0 Å². The summed E-state index contributed by atoms with van der Waals surface area (Å²) < 4.78 is 0. The molecule has 0 bridgehead atoms. The van der Waals surface area contributed by atoms with Gasteiger partial charge >= 0.3 is 0 Å². The van der Waals surface area contributed by atoms with Gasteiger partial charge in [-0.05, 0) is 30.3 Å². The van der Waals surface area contributed by atoms with Crippen molar-refractivity contribution in [2.45, 2.75) is 9.79 Å². The van der Waals surface area contributed by atoms with E-state index in [9.17, 15) is 10.1 Å². The molecule has 0 aliphatic carbocycles. The Kier molecular flexibility index (Phi) is 5.65. The number of aliphatic imine (C=N–C) groups is 1. The molecule has 0 radical (unpaired) electrons. The van der Waals surface area contributed by atoms with Gasteiger partial charge in [0.2, 0.25) is 0 Å². The SMILES string of the molecule is NC(CCl)=Nc1cc(Sc2ccc(Cl)cc2)cc([N+](=O)[O-])c1. The van der Waals surface area contributed by atoms with E-state index >= 15 is 0 Å². The minimum absolute atomic E-state index is 0.0555. The lowest BCUT2D eigenvalue weighted by Crippen LogP contribution is -2.12. The normalized spacial score (nSPS) is 11.5. The maximum Gasteiger partial charge on any atom is 0.272 e.